The van der Waals surface area contributed by atoms with Crippen LogP contribution < -0.4 is 4.90 Å². The lowest BCUT2D eigenvalue weighted by molar-refractivity contribution is -0.385. The van der Waals surface area contributed by atoms with Crippen LogP contribution in [0.3, 0.4) is 0 Å². The molecule has 0 unspecified atom stereocenters. The molecule has 0 N–H and O–H groups in total. The minimum absolute atomic E-state index is 0.0165. The van der Waals surface area contributed by atoms with Crippen molar-refractivity contribution < 1.29 is 9.72 Å². The number of pyridine rings is 1. The molecule has 1 aliphatic heterocycles. The highest BCUT2D eigenvalue weighted by Gasteiger charge is 2.24. The van der Waals surface area contributed by atoms with Gasteiger partial charge >= 0.3 is 0 Å². The zero-order valence-corrected chi connectivity index (χ0v) is 15.5. The summed E-state index contributed by atoms with van der Waals surface area (Å²) in [6.45, 7) is 4.68. The van der Waals surface area contributed by atoms with Gasteiger partial charge < -0.3 is 9.80 Å². The number of amides is 1. The van der Waals surface area contributed by atoms with Crippen LogP contribution in [0.25, 0.3) is 0 Å². The maximum absolute atomic E-state index is 12.5. The number of carbonyl (C=O) groups excluding carboxylic acids is 1. The molecule has 1 amide bonds. The van der Waals surface area contributed by atoms with Gasteiger partial charge in [0.1, 0.15) is 12.0 Å². The first-order chi connectivity index (χ1) is 12.5. The van der Waals surface area contributed by atoms with Crippen LogP contribution in [-0.2, 0) is 4.79 Å². The molecular formula is C19H28N4O3. The Bertz CT molecular complexity index is 650. The van der Waals surface area contributed by atoms with E-state index in [2.05, 4.69) is 9.88 Å². The molecule has 0 atom stereocenters. The Labute approximate surface area is 154 Å². The van der Waals surface area contributed by atoms with Crippen molar-refractivity contribution in [1.29, 1.82) is 0 Å². The molecule has 0 spiro atoms. The second-order valence-corrected chi connectivity index (χ2v) is 7.50. The highest BCUT2D eigenvalue weighted by atomic mass is 16.6. The van der Waals surface area contributed by atoms with Crippen LogP contribution in [0.1, 0.15) is 50.5 Å². The quantitative estimate of drug-likeness (QED) is 0.594. The Morgan fingerprint density at radius 2 is 1.92 bits per heavy atom. The molecule has 1 aromatic heterocycles. The summed E-state index contributed by atoms with van der Waals surface area (Å²) in [5.74, 6) is 1.79. The maximum atomic E-state index is 12.5. The van der Waals surface area contributed by atoms with E-state index in [1.165, 1.54) is 38.3 Å². The second-order valence-electron chi connectivity index (χ2n) is 7.50. The van der Waals surface area contributed by atoms with E-state index < -0.39 is 4.92 Å². The molecule has 2 fully saturated rings. The highest BCUT2D eigenvalue weighted by Crippen LogP contribution is 2.28. The predicted octanol–water partition coefficient (Wildman–Crippen LogP) is 3.31. The smallest absolute Gasteiger partial charge is 0.287 e. The zero-order chi connectivity index (χ0) is 18.5. The van der Waals surface area contributed by atoms with Gasteiger partial charge in [-0.1, -0.05) is 32.1 Å². The van der Waals surface area contributed by atoms with Crippen molar-refractivity contribution in [2.45, 2.75) is 51.9 Å². The third-order valence-corrected chi connectivity index (χ3v) is 5.67. The molecule has 26 heavy (non-hydrogen) atoms. The summed E-state index contributed by atoms with van der Waals surface area (Å²) < 4.78 is 0. The lowest BCUT2D eigenvalue weighted by atomic mass is 9.86. The van der Waals surface area contributed by atoms with E-state index in [1.54, 1.807) is 6.07 Å². The van der Waals surface area contributed by atoms with Crippen LogP contribution in [0.5, 0.6) is 0 Å². The van der Waals surface area contributed by atoms with Crippen LogP contribution >= 0.6 is 0 Å². The summed E-state index contributed by atoms with van der Waals surface area (Å²) >= 11 is 0. The molecule has 1 aromatic rings. The molecule has 142 valence electrons. The number of rotatable bonds is 5. The first-order valence-electron chi connectivity index (χ1n) is 9.68. The van der Waals surface area contributed by atoms with E-state index >= 15 is 0 Å². The van der Waals surface area contributed by atoms with Crippen molar-refractivity contribution in [2.75, 3.05) is 31.1 Å². The van der Waals surface area contributed by atoms with E-state index in [0.717, 1.165) is 36.8 Å². The monoisotopic (exact) mass is 360 g/mol. The normalized spacial score (nSPS) is 18.8. The summed E-state index contributed by atoms with van der Waals surface area (Å²) in [4.78, 5) is 31.3. The number of piperazine rings is 1. The number of hydrogen-bond donors (Lipinski definition) is 0. The van der Waals surface area contributed by atoms with Crippen LogP contribution in [0, 0.1) is 23.0 Å². The number of nitro groups is 1. The molecule has 7 nitrogen and oxygen atoms in total. The summed E-state index contributed by atoms with van der Waals surface area (Å²) in [7, 11) is 0. The fourth-order valence-corrected chi connectivity index (χ4v) is 4.11. The SMILES string of the molecule is Cc1cc([N+](=O)[O-])cnc1N1CCN(C(=O)CCC2CCCCC2)CC1. The van der Waals surface area contributed by atoms with E-state index in [1.807, 2.05) is 11.8 Å². The molecule has 1 saturated heterocycles. The number of aryl methyl sites for hydroxylation is 1. The van der Waals surface area contributed by atoms with Crippen molar-refractivity contribution in [2.24, 2.45) is 5.92 Å². The fourth-order valence-electron chi connectivity index (χ4n) is 4.11. The van der Waals surface area contributed by atoms with Gasteiger partial charge in [-0.25, -0.2) is 4.98 Å². The van der Waals surface area contributed by atoms with Crippen LogP contribution in [0.4, 0.5) is 11.5 Å². The Morgan fingerprint density at radius 3 is 2.54 bits per heavy atom. The molecule has 0 radical (unpaired) electrons. The van der Waals surface area contributed by atoms with E-state index in [-0.39, 0.29) is 11.6 Å². The molecule has 3 rings (SSSR count). The third kappa shape index (κ3) is 4.51. The van der Waals surface area contributed by atoms with Crippen molar-refractivity contribution >= 4 is 17.4 Å². The van der Waals surface area contributed by atoms with Crippen molar-refractivity contribution in [1.82, 2.24) is 9.88 Å². The largest absolute Gasteiger partial charge is 0.353 e. The van der Waals surface area contributed by atoms with Gasteiger partial charge in [0.2, 0.25) is 5.91 Å². The number of aromatic nitrogens is 1. The lowest BCUT2D eigenvalue weighted by Crippen LogP contribution is -2.49. The Hall–Kier alpha value is -2.18. The van der Waals surface area contributed by atoms with Gasteiger partial charge in [-0.15, -0.1) is 0 Å². The van der Waals surface area contributed by atoms with Gasteiger partial charge in [0, 0.05) is 38.7 Å². The van der Waals surface area contributed by atoms with E-state index in [4.69, 9.17) is 0 Å². The van der Waals surface area contributed by atoms with Gasteiger partial charge in [0.15, 0.2) is 0 Å². The minimum Gasteiger partial charge on any atom is -0.353 e. The molecule has 1 saturated carbocycles. The maximum Gasteiger partial charge on any atom is 0.287 e. The van der Waals surface area contributed by atoms with E-state index in [0.29, 0.717) is 19.5 Å². The minimum atomic E-state index is -0.424. The number of hydrogen-bond acceptors (Lipinski definition) is 5. The van der Waals surface area contributed by atoms with Crippen molar-refractivity contribution in [3.05, 3.63) is 27.9 Å². The van der Waals surface area contributed by atoms with Crippen LogP contribution in [-0.4, -0.2) is 46.9 Å². The molecule has 0 bridgehead atoms. The fraction of sp³-hybridized carbons (Fsp3) is 0.684. The van der Waals surface area contributed by atoms with Crippen molar-refractivity contribution in [3.63, 3.8) is 0 Å². The molecule has 2 aliphatic rings. The van der Waals surface area contributed by atoms with E-state index in [9.17, 15) is 14.9 Å². The van der Waals surface area contributed by atoms with Gasteiger partial charge in [-0.2, -0.15) is 0 Å². The van der Waals surface area contributed by atoms with Gasteiger partial charge in [0.05, 0.1) is 4.92 Å². The lowest BCUT2D eigenvalue weighted by Gasteiger charge is -2.36. The average Bonchev–Trinajstić information content (AvgIpc) is 2.67. The molecule has 0 aromatic carbocycles. The first kappa shape index (κ1) is 18.6. The van der Waals surface area contributed by atoms with Crippen molar-refractivity contribution in [3.8, 4) is 0 Å². The third-order valence-electron chi connectivity index (χ3n) is 5.67. The van der Waals surface area contributed by atoms with Crippen LogP contribution in [0.15, 0.2) is 12.3 Å². The highest BCUT2D eigenvalue weighted by molar-refractivity contribution is 5.76. The molecular weight excluding hydrogens is 332 g/mol. The summed E-state index contributed by atoms with van der Waals surface area (Å²) in [5, 5.41) is 10.8. The van der Waals surface area contributed by atoms with Gasteiger partial charge in [0.25, 0.3) is 5.69 Å². The molecule has 2 heterocycles. The number of anilines is 1. The number of nitrogens with zero attached hydrogens (tertiary/aromatic N) is 4. The topological polar surface area (TPSA) is 79.6 Å². The summed E-state index contributed by atoms with van der Waals surface area (Å²) in [6, 6.07) is 1.56. The average molecular weight is 360 g/mol. The Morgan fingerprint density at radius 1 is 1.23 bits per heavy atom. The Kier molecular flexibility index (Phi) is 6.06. The van der Waals surface area contributed by atoms with Gasteiger partial charge in [-0.05, 0) is 24.8 Å². The predicted molar refractivity (Wildman–Crippen MR) is 100 cm³/mol. The van der Waals surface area contributed by atoms with Crippen LogP contribution in [0.2, 0.25) is 0 Å². The second kappa shape index (κ2) is 8.47. The number of carbonyl (C=O) groups is 1. The summed E-state index contributed by atoms with van der Waals surface area (Å²) in [6.07, 6.45) is 9.56. The van der Waals surface area contributed by atoms with Gasteiger partial charge in [-0.3, -0.25) is 14.9 Å². The molecule has 7 heteroatoms. The first-order valence-corrected chi connectivity index (χ1v) is 9.68. The summed E-state index contributed by atoms with van der Waals surface area (Å²) in [5.41, 5.74) is 0.819. The standard InChI is InChI=1S/C19H28N4O3/c1-15-13-17(23(25)26)14-20-19(15)22-11-9-21(10-12-22)18(24)8-7-16-5-3-2-4-6-16/h13-14,16H,2-12H2,1H3. The molecule has 1 aliphatic carbocycles. The zero-order valence-electron chi connectivity index (χ0n) is 15.5. The Balaban J connectivity index is 1.49.